The molecule has 1 saturated heterocycles. The maximum absolute atomic E-state index is 11.6. The summed E-state index contributed by atoms with van der Waals surface area (Å²) in [6, 6.07) is 0. The second-order valence-corrected chi connectivity index (χ2v) is 4.35. The lowest BCUT2D eigenvalue weighted by Crippen LogP contribution is -2.25. The van der Waals surface area contributed by atoms with Crippen molar-refractivity contribution in [3.8, 4) is 0 Å². The highest BCUT2D eigenvalue weighted by Crippen LogP contribution is 2.37. The number of hydrogen-bond donors (Lipinski definition) is 0. The summed E-state index contributed by atoms with van der Waals surface area (Å²) in [5.74, 6) is -1.30. The summed E-state index contributed by atoms with van der Waals surface area (Å²) >= 11 is 0. The molecule has 0 aromatic heterocycles. The first-order valence-corrected chi connectivity index (χ1v) is 5.10. The largest absolute Gasteiger partial charge is 0.469 e. The number of hydrogen-bond acceptors (Lipinski definition) is 5. The molecule has 1 aliphatic heterocycles. The molecule has 0 aromatic carbocycles. The van der Waals surface area contributed by atoms with Crippen LogP contribution < -0.4 is 0 Å². The summed E-state index contributed by atoms with van der Waals surface area (Å²) in [6.07, 6.45) is 0.445. The maximum atomic E-state index is 11.6. The van der Waals surface area contributed by atoms with E-state index in [9.17, 15) is 9.59 Å². The van der Waals surface area contributed by atoms with Crippen molar-refractivity contribution in [2.75, 3.05) is 7.11 Å². The van der Waals surface area contributed by atoms with Gasteiger partial charge in [-0.1, -0.05) is 0 Å². The van der Waals surface area contributed by atoms with Crippen LogP contribution in [0.1, 0.15) is 20.3 Å². The first kappa shape index (κ1) is 11.3. The molecule has 1 fully saturated rings. The van der Waals surface area contributed by atoms with E-state index in [1.54, 1.807) is 13.8 Å². The molecule has 0 unspecified atom stereocenters. The van der Waals surface area contributed by atoms with Crippen LogP contribution in [-0.2, 0) is 23.8 Å². The number of carbonyl (C=O) groups excluding carboxylic acids is 2. The average Bonchev–Trinajstić information content (AvgIpc) is 2.64. The lowest BCUT2D eigenvalue weighted by atomic mass is 10.1. The third-order valence-electron chi connectivity index (χ3n) is 2.65. The summed E-state index contributed by atoms with van der Waals surface area (Å²) < 4.78 is 15.6. The van der Waals surface area contributed by atoms with Gasteiger partial charge in [-0.25, -0.2) is 0 Å². The molecule has 0 spiro atoms. The Balaban J connectivity index is 2.14. The zero-order valence-electron chi connectivity index (χ0n) is 9.48. The number of esters is 1. The Hall–Kier alpha value is -1.20. The summed E-state index contributed by atoms with van der Waals surface area (Å²) in [7, 11) is 1.31. The molecule has 16 heavy (non-hydrogen) atoms. The van der Waals surface area contributed by atoms with Crippen molar-refractivity contribution in [2.24, 2.45) is 0 Å². The van der Waals surface area contributed by atoms with Gasteiger partial charge in [0, 0.05) is 0 Å². The fraction of sp³-hybridized carbons (Fsp3) is 0.636. The highest BCUT2D eigenvalue weighted by atomic mass is 16.8. The average molecular weight is 226 g/mol. The molecule has 0 radical (unpaired) electrons. The number of rotatable bonds is 2. The van der Waals surface area contributed by atoms with Gasteiger partial charge in [-0.3, -0.25) is 9.59 Å². The minimum atomic E-state index is -0.777. The van der Waals surface area contributed by atoms with Gasteiger partial charge in [-0.2, -0.15) is 0 Å². The summed E-state index contributed by atoms with van der Waals surface area (Å²) in [5, 5.41) is 0. The van der Waals surface area contributed by atoms with Gasteiger partial charge < -0.3 is 14.2 Å². The first-order chi connectivity index (χ1) is 7.43. The van der Waals surface area contributed by atoms with Crippen molar-refractivity contribution >= 4 is 11.8 Å². The minimum Gasteiger partial charge on any atom is -0.469 e. The van der Waals surface area contributed by atoms with Gasteiger partial charge in [0.05, 0.1) is 13.5 Å². The molecule has 1 aliphatic carbocycles. The number of ketones is 1. The van der Waals surface area contributed by atoms with E-state index in [-0.39, 0.29) is 18.2 Å². The van der Waals surface area contributed by atoms with Crippen molar-refractivity contribution in [1.82, 2.24) is 0 Å². The SMILES string of the molecule is COC(=O)CC1=CC(=O)[C@@H]2OC(C)(C)O[C@H]12. The van der Waals surface area contributed by atoms with Crippen LogP contribution in [0.5, 0.6) is 0 Å². The first-order valence-electron chi connectivity index (χ1n) is 5.10. The molecule has 2 atom stereocenters. The molecule has 0 saturated carbocycles. The van der Waals surface area contributed by atoms with Crippen molar-refractivity contribution in [2.45, 2.75) is 38.3 Å². The van der Waals surface area contributed by atoms with Crippen LogP contribution in [0.3, 0.4) is 0 Å². The third-order valence-corrected chi connectivity index (χ3v) is 2.65. The fourth-order valence-electron chi connectivity index (χ4n) is 1.98. The van der Waals surface area contributed by atoms with Crippen LogP contribution in [0.2, 0.25) is 0 Å². The van der Waals surface area contributed by atoms with E-state index < -0.39 is 18.0 Å². The van der Waals surface area contributed by atoms with Crippen LogP contribution in [-0.4, -0.2) is 36.9 Å². The minimum absolute atomic E-state index is 0.0723. The summed E-state index contributed by atoms with van der Waals surface area (Å²) in [6.45, 7) is 3.49. The zero-order chi connectivity index (χ0) is 11.9. The summed E-state index contributed by atoms with van der Waals surface area (Å²) in [4.78, 5) is 22.7. The van der Waals surface area contributed by atoms with E-state index in [0.29, 0.717) is 5.57 Å². The van der Waals surface area contributed by atoms with Crippen molar-refractivity contribution < 1.29 is 23.8 Å². The van der Waals surface area contributed by atoms with Gasteiger partial charge in [0.2, 0.25) is 0 Å². The van der Waals surface area contributed by atoms with Crippen LogP contribution in [0.15, 0.2) is 11.6 Å². The topological polar surface area (TPSA) is 61.8 Å². The standard InChI is InChI=1S/C11H14O5/c1-11(2)15-9-6(5-8(13)14-3)4-7(12)10(9)16-11/h4,9-10H,5H2,1-3H3/t9-,10+/m1/s1. The summed E-state index contributed by atoms with van der Waals surface area (Å²) in [5.41, 5.74) is 0.632. The molecular weight excluding hydrogens is 212 g/mol. The quantitative estimate of drug-likeness (QED) is 0.644. The van der Waals surface area contributed by atoms with Gasteiger partial charge in [-0.05, 0) is 25.5 Å². The van der Waals surface area contributed by atoms with Crippen LogP contribution in [0, 0.1) is 0 Å². The van der Waals surface area contributed by atoms with Gasteiger partial charge in [0.15, 0.2) is 17.7 Å². The lowest BCUT2D eigenvalue weighted by molar-refractivity contribution is -0.153. The lowest BCUT2D eigenvalue weighted by Gasteiger charge is -2.17. The smallest absolute Gasteiger partial charge is 0.309 e. The van der Waals surface area contributed by atoms with Gasteiger partial charge in [0.25, 0.3) is 0 Å². The molecule has 2 aliphatic rings. The fourth-order valence-corrected chi connectivity index (χ4v) is 1.98. The molecule has 0 bridgehead atoms. The van der Waals surface area contributed by atoms with E-state index in [1.165, 1.54) is 13.2 Å². The van der Waals surface area contributed by atoms with Crippen molar-refractivity contribution in [3.05, 3.63) is 11.6 Å². The second kappa shape index (κ2) is 3.68. The maximum Gasteiger partial charge on any atom is 0.309 e. The molecule has 0 amide bonds. The number of carbonyl (C=O) groups is 2. The van der Waals surface area contributed by atoms with Crippen LogP contribution in [0.4, 0.5) is 0 Å². The highest BCUT2D eigenvalue weighted by molar-refractivity contribution is 5.99. The van der Waals surface area contributed by atoms with Gasteiger partial charge >= 0.3 is 5.97 Å². The monoisotopic (exact) mass is 226 g/mol. The van der Waals surface area contributed by atoms with Crippen molar-refractivity contribution in [1.29, 1.82) is 0 Å². The molecule has 1 heterocycles. The molecule has 5 heteroatoms. The number of methoxy groups -OCH3 is 1. The van der Waals surface area contributed by atoms with Gasteiger partial charge in [-0.15, -0.1) is 0 Å². The van der Waals surface area contributed by atoms with Crippen LogP contribution >= 0.6 is 0 Å². The van der Waals surface area contributed by atoms with E-state index in [1.807, 2.05) is 0 Å². The normalized spacial score (nSPS) is 31.2. The molecule has 88 valence electrons. The molecule has 0 N–H and O–H groups in total. The predicted octanol–water partition coefficient (Wildman–Crippen LogP) is 0.579. The molecule has 5 nitrogen and oxygen atoms in total. The zero-order valence-corrected chi connectivity index (χ0v) is 9.48. The Morgan fingerprint density at radius 2 is 2.06 bits per heavy atom. The van der Waals surface area contributed by atoms with Crippen molar-refractivity contribution in [3.63, 3.8) is 0 Å². The molecular formula is C11H14O5. The second-order valence-electron chi connectivity index (χ2n) is 4.35. The Morgan fingerprint density at radius 3 is 2.69 bits per heavy atom. The Kier molecular flexibility index (Phi) is 2.59. The van der Waals surface area contributed by atoms with E-state index >= 15 is 0 Å². The van der Waals surface area contributed by atoms with E-state index in [2.05, 4.69) is 4.74 Å². The molecule has 2 rings (SSSR count). The van der Waals surface area contributed by atoms with Crippen LogP contribution in [0.25, 0.3) is 0 Å². The highest BCUT2D eigenvalue weighted by Gasteiger charge is 2.49. The van der Waals surface area contributed by atoms with E-state index in [4.69, 9.17) is 9.47 Å². The number of ether oxygens (including phenoxy) is 3. The number of fused-ring (bicyclic) bond motifs is 1. The van der Waals surface area contributed by atoms with E-state index in [0.717, 1.165) is 0 Å². The third kappa shape index (κ3) is 1.88. The Bertz CT molecular complexity index is 369. The Morgan fingerprint density at radius 1 is 1.44 bits per heavy atom. The molecule has 0 aromatic rings. The Labute approximate surface area is 93.4 Å². The van der Waals surface area contributed by atoms with Gasteiger partial charge in [0.1, 0.15) is 6.10 Å². The predicted molar refractivity (Wildman–Crippen MR) is 53.5 cm³/mol.